The highest BCUT2D eigenvalue weighted by atomic mass is 16.5. The lowest BCUT2D eigenvalue weighted by Crippen LogP contribution is -2.49. The number of ether oxygens (including phenoxy) is 1. The van der Waals surface area contributed by atoms with Crippen molar-refractivity contribution in [3.8, 4) is 0 Å². The van der Waals surface area contributed by atoms with Gasteiger partial charge >= 0.3 is 0 Å². The smallest absolute Gasteiger partial charge is 0.121 e. The first-order valence-corrected chi connectivity index (χ1v) is 5.07. The van der Waals surface area contributed by atoms with Gasteiger partial charge in [0, 0.05) is 5.41 Å². The van der Waals surface area contributed by atoms with Crippen molar-refractivity contribution in [2.75, 3.05) is 13.2 Å². The Labute approximate surface area is 84.2 Å². The SMILES string of the molecule is CCC1(C(N)c2ccc(C)o2)COC1. The van der Waals surface area contributed by atoms with Gasteiger partial charge in [-0.15, -0.1) is 0 Å². The van der Waals surface area contributed by atoms with Crippen LogP contribution in [-0.4, -0.2) is 13.2 Å². The van der Waals surface area contributed by atoms with E-state index in [9.17, 15) is 0 Å². The maximum atomic E-state index is 6.19. The maximum Gasteiger partial charge on any atom is 0.121 e. The molecular weight excluding hydrogens is 178 g/mol. The summed E-state index contributed by atoms with van der Waals surface area (Å²) < 4.78 is 10.8. The molecule has 3 heteroatoms. The van der Waals surface area contributed by atoms with E-state index >= 15 is 0 Å². The van der Waals surface area contributed by atoms with Crippen molar-refractivity contribution in [2.45, 2.75) is 26.3 Å². The predicted molar refractivity (Wildman–Crippen MR) is 53.9 cm³/mol. The van der Waals surface area contributed by atoms with Crippen LogP contribution in [0.2, 0.25) is 0 Å². The van der Waals surface area contributed by atoms with Crippen molar-refractivity contribution in [1.29, 1.82) is 0 Å². The Morgan fingerprint density at radius 2 is 2.21 bits per heavy atom. The molecule has 0 bridgehead atoms. The molecule has 1 unspecified atom stereocenters. The minimum Gasteiger partial charge on any atom is -0.465 e. The second kappa shape index (κ2) is 3.41. The fourth-order valence-corrected chi connectivity index (χ4v) is 1.89. The van der Waals surface area contributed by atoms with Crippen molar-refractivity contribution in [3.63, 3.8) is 0 Å². The minimum atomic E-state index is -0.0325. The highest BCUT2D eigenvalue weighted by Crippen LogP contribution is 2.42. The minimum absolute atomic E-state index is 0.0325. The molecule has 2 rings (SSSR count). The zero-order valence-electron chi connectivity index (χ0n) is 8.75. The molecule has 78 valence electrons. The lowest BCUT2D eigenvalue weighted by molar-refractivity contribution is -0.132. The summed E-state index contributed by atoms with van der Waals surface area (Å²) in [5.74, 6) is 1.80. The van der Waals surface area contributed by atoms with Crippen LogP contribution in [0.25, 0.3) is 0 Å². The summed E-state index contributed by atoms with van der Waals surface area (Å²) >= 11 is 0. The molecule has 0 amide bonds. The number of hydrogen-bond acceptors (Lipinski definition) is 3. The molecule has 14 heavy (non-hydrogen) atoms. The third-order valence-electron chi connectivity index (χ3n) is 3.21. The fraction of sp³-hybridized carbons (Fsp3) is 0.636. The summed E-state index contributed by atoms with van der Waals surface area (Å²) in [6.45, 7) is 5.60. The first-order chi connectivity index (χ1) is 6.68. The summed E-state index contributed by atoms with van der Waals surface area (Å²) in [4.78, 5) is 0. The Bertz CT molecular complexity index is 309. The second-order valence-corrected chi connectivity index (χ2v) is 4.13. The lowest BCUT2D eigenvalue weighted by Gasteiger charge is -2.44. The van der Waals surface area contributed by atoms with E-state index in [4.69, 9.17) is 14.9 Å². The molecule has 2 heterocycles. The molecule has 1 saturated heterocycles. The van der Waals surface area contributed by atoms with Crippen LogP contribution in [-0.2, 0) is 4.74 Å². The van der Waals surface area contributed by atoms with Crippen molar-refractivity contribution >= 4 is 0 Å². The first kappa shape index (κ1) is 9.74. The van der Waals surface area contributed by atoms with Gasteiger partial charge in [0.2, 0.25) is 0 Å². The van der Waals surface area contributed by atoms with E-state index in [1.165, 1.54) is 0 Å². The number of rotatable bonds is 3. The van der Waals surface area contributed by atoms with E-state index in [1.807, 2.05) is 19.1 Å². The average Bonchev–Trinajstić information content (AvgIpc) is 2.50. The van der Waals surface area contributed by atoms with Crippen LogP contribution in [0, 0.1) is 12.3 Å². The normalized spacial score (nSPS) is 21.6. The Morgan fingerprint density at radius 1 is 1.50 bits per heavy atom. The highest BCUT2D eigenvalue weighted by Gasteiger charge is 2.44. The number of furan rings is 1. The zero-order chi connectivity index (χ0) is 10.2. The number of hydrogen-bond donors (Lipinski definition) is 1. The third kappa shape index (κ3) is 1.37. The van der Waals surface area contributed by atoms with Gasteiger partial charge in [-0.2, -0.15) is 0 Å². The van der Waals surface area contributed by atoms with Crippen molar-refractivity contribution < 1.29 is 9.15 Å². The first-order valence-electron chi connectivity index (χ1n) is 5.07. The van der Waals surface area contributed by atoms with Gasteiger partial charge in [0.05, 0.1) is 19.3 Å². The Morgan fingerprint density at radius 3 is 2.57 bits per heavy atom. The predicted octanol–water partition coefficient (Wildman–Crippen LogP) is 2.01. The Kier molecular flexibility index (Phi) is 2.37. The molecule has 3 nitrogen and oxygen atoms in total. The van der Waals surface area contributed by atoms with Crippen LogP contribution in [0.5, 0.6) is 0 Å². The molecule has 2 N–H and O–H groups in total. The van der Waals surface area contributed by atoms with Gasteiger partial charge in [-0.05, 0) is 25.5 Å². The topological polar surface area (TPSA) is 48.4 Å². The maximum absolute atomic E-state index is 6.19. The molecule has 1 fully saturated rings. The van der Waals surface area contributed by atoms with Gasteiger partial charge in [0.15, 0.2) is 0 Å². The van der Waals surface area contributed by atoms with Crippen LogP contribution < -0.4 is 5.73 Å². The molecule has 0 spiro atoms. The average molecular weight is 195 g/mol. The number of nitrogens with two attached hydrogens (primary N) is 1. The van der Waals surface area contributed by atoms with Gasteiger partial charge < -0.3 is 14.9 Å². The zero-order valence-corrected chi connectivity index (χ0v) is 8.75. The highest BCUT2D eigenvalue weighted by molar-refractivity contribution is 5.14. The van der Waals surface area contributed by atoms with E-state index in [2.05, 4.69) is 6.92 Å². The largest absolute Gasteiger partial charge is 0.465 e. The summed E-state index contributed by atoms with van der Waals surface area (Å²) in [6, 6.07) is 3.89. The van der Waals surface area contributed by atoms with E-state index < -0.39 is 0 Å². The summed E-state index contributed by atoms with van der Waals surface area (Å²) in [5, 5.41) is 0. The molecule has 1 aliphatic rings. The fourth-order valence-electron chi connectivity index (χ4n) is 1.89. The van der Waals surface area contributed by atoms with Gasteiger partial charge in [-0.1, -0.05) is 6.92 Å². The molecule has 0 saturated carbocycles. The quantitative estimate of drug-likeness (QED) is 0.802. The van der Waals surface area contributed by atoms with Crippen LogP contribution >= 0.6 is 0 Å². The van der Waals surface area contributed by atoms with Crippen molar-refractivity contribution in [3.05, 3.63) is 23.7 Å². The van der Waals surface area contributed by atoms with Crippen LogP contribution in [0.4, 0.5) is 0 Å². The molecule has 1 aromatic heterocycles. The summed E-state index contributed by atoms with van der Waals surface area (Å²) in [5.41, 5.74) is 6.29. The summed E-state index contributed by atoms with van der Waals surface area (Å²) in [7, 11) is 0. The van der Waals surface area contributed by atoms with Crippen LogP contribution in [0.1, 0.15) is 30.9 Å². The van der Waals surface area contributed by atoms with Gasteiger partial charge in [-0.25, -0.2) is 0 Å². The van der Waals surface area contributed by atoms with E-state index in [0.717, 1.165) is 31.2 Å². The standard InChI is InChI=1S/C11H17NO2/c1-3-11(6-13-7-11)10(12)9-5-4-8(2)14-9/h4-5,10H,3,6-7,12H2,1-2H3. The Hall–Kier alpha value is -0.800. The number of aryl methyl sites for hydroxylation is 1. The van der Waals surface area contributed by atoms with Crippen LogP contribution in [0.3, 0.4) is 0 Å². The Balaban J connectivity index is 2.18. The van der Waals surface area contributed by atoms with Crippen molar-refractivity contribution in [2.24, 2.45) is 11.1 Å². The van der Waals surface area contributed by atoms with E-state index in [1.54, 1.807) is 0 Å². The molecular formula is C11H17NO2. The van der Waals surface area contributed by atoms with Gasteiger partial charge in [0.1, 0.15) is 11.5 Å². The molecule has 1 atom stereocenters. The molecule has 0 aliphatic carbocycles. The monoisotopic (exact) mass is 195 g/mol. The second-order valence-electron chi connectivity index (χ2n) is 4.13. The molecule has 1 aromatic rings. The van der Waals surface area contributed by atoms with Gasteiger partial charge in [0.25, 0.3) is 0 Å². The molecule has 1 aliphatic heterocycles. The lowest BCUT2D eigenvalue weighted by atomic mass is 9.75. The van der Waals surface area contributed by atoms with Crippen LogP contribution in [0.15, 0.2) is 16.5 Å². The van der Waals surface area contributed by atoms with Gasteiger partial charge in [-0.3, -0.25) is 0 Å². The van der Waals surface area contributed by atoms with E-state index in [-0.39, 0.29) is 11.5 Å². The molecule has 0 radical (unpaired) electrons. The summed E-state index contributed by atoms with van der Waals surface area (Å²) in [6.07, 6.45) is 1.04. The molecule has 0 aromatic carbocycles. The third-order valence-corrected chi connectivity index (χ3v) is 3.21. The van der Waals surface area contributed by atoms with Crippen molar-refractivity contribution in [1.82, 2.24) is 0 Å². The van der Waals surface area contributed by atoms with E-state index in [0.29, 0.717) is 0 Å².